The second kappa shape index (κ2) is 7.16. The minimum atomic E-state index is 0.0690. The van der Waals surface area contributed by atoms with Gasteiger partial charge in [-0.2, -0.15) is 0 Å². The van der Waals surface area contributed by atoms with Crippen LogP contribution in [-0.4, -0.2) is 56.4 Å². The highest BCUT2D eigenvalue weighted by molar-refractivity contribution is 7.09. The van der Waals surface area contributed by atoms with E-state index in [1.165, 1.54) is 4.88 Å². The Morgan fingerprint density at radius 3 is 2.76 bits per heavy atom. The van der Waals surface area contributed by atoms with Gasteiger partial charge in [0.05, 0.1) is 0 Å². The van der Waals surface area contributed by atoms with Gasteiger partial charge in [0, 0.05) is 61.8 Å². The third kappa shape index (κ3) is 3.62. The topological polar surface area (TPSA) is 54.3 Å². The average molecular weight is 353 g/mol. The van der Waals surface area contributed by atoms with E-state index in [2.05, 4.69) is 32.4 Å². The van der Waals surface area contributed by atoms with E-state index in [4.69, 9.17) is 0 Å². The number of carbonyl (C=O) groups is 1. The Morgan fingerprint density at radius 2 is 2.04 bits per heavy atom. The molecule has 0 bridgehead atoms. The van der Waals surface area contributed by atoms with Crippen LogP contribution in [0.5, 0.6) is 0 Å². The molecule has 3 aromatic rings. The highest BCUT2D eigenvalue weighted by Gasteiger charge is 2.22. The number of nitrogens with zero attached hydrogens (tertiary/aromatic N) is 5. The maximum atomic E-state index is 12.8. The Morgan fingerprint density at radius 1 is 1.16 bits per heavy atom. The van der Waals surface area contributed by atoms with E-state index < -0.39 is 0 Å². The number of aromatic nitrogens is 3. The molecular weight excluding hydrogens is 334 g/mol. The highest BCUT2D eigenvalue weighted by atomic mass is 32.1. The van der Waals surface area contributed by atoms with E-state index in [1.54, 1.807) is 40.7 Å². The fourth-order valence-electron chi connectivity index (χ4n) is 3.00. The van der Waals surface area contributed by atoms with Gasteiger partial charge in [0.1, 0.15) is 12.1 Å². The molecule has 0 N–H and O–H groups in total. The number of piperazine rings is 1. The molecule has 0 saturated carbocycles. The van der Waals surface area contributed by atoms with Gasteiger partial charge in [0.25, 0.3) is 5.91 Å². The summed E-state index contributed by atoms with van der Waals surface area (Å²) < 4.78 is 1.80. The van der Waals surface area contributed by atoms with Gasteiger partial charge in [-0.15, -0.1) is 11.3 Å². The standard InChI is InChI=1S/C18H19N5OS/c24-18(15-3-4-20-17(12-15)23-6-5-19-14-23)22-9-7-21(8-10-22)13-16-2-1-11-25-16/h1-6,11-12,14H,7-10,13H2. The van der Waals surface area contributed by atoms with Crippen molar-refractivity contribution in [3.05, 3.63) is 65.0 Å². The lowest BCUT2D eigenvalue weighted by molar-refractivity contribution is 0.0629. The molecule has 0 aromatic carbocycles. The summed E-state index contributed by atoms with van der Waals surface area (Å²) in [5.74, 6) is 0.777. The molecule has 1 aliphatic heterocycles. The highest BCUT2D eigenvalue weighted by Crippen LogP contribution is 2.15. The molecule has 4 rings (SSSR count). The molecule has 0 spiro atoms. The van der Waals surface area contributed by atoms with Gasteiger partial charge in [-0.3, -0.25) is 14.3 Å². The second-order valence-electron chi connectivity index (χ2n) is 6.02. The first-order valence-corrected chi connectivity index (χ1v) is 9.16. The van der Waals surface area contributed by atoms with Crippen LogP contribution >= 0.6 is 11.3 Å². The largest absolute Gasteiger partial charge is 0.336 e. The summed E-state index contributed by atoms with van der Waals surface area (Å²) in [6.07, 6.45) is 6.87. The SMILES string of the molecule is O=C(c1ccnc(-n2ccnc2)c1)N1CCN(Cc2cccs2)CC1. The first kappa shape index (κ1) is 16.0. The van der Waals surface area contributed by atoms with E-state index in [0.29, 0.717) is 11.4 Å². The molecule has 6 nitrogen and oxygen atoms in total. The molecule has 4 heterocycles. The van der Waals surface area contributed by atoms with Gasteiger partial charge in [-0.25, -0.2) is 9.97 Å². The lowest BCUT2D eigenvalue weighted by atomic mass is 10.2. The van der Waals surface area contributed by atoms with Crippen LogP contribution in [0.3, 0.4) is 0 Å². The fourth-order valence-corrected chi connectivity index (χ4v) is 3.75. The van der Waals surface area contributed by atoms with Crippen LogP contribution in [0.2, 0.25) is 0 Å². The number of hydrogen-bond donors (Lipinski definition) is 0. The number of hydrogen-bond acceptors (Lipinski definition) is 5. The van der Waals surface area contributed by atoms with Gasteiger partial charge >= 0.3 is 0 Å². The Hall–Kier alpha value is -2.51. The maximum Gasteiger partial charge on any atom is 0.254 e. The molecule has 1 aliphatic rings. The zero-order valence-corrected chi connectivity index (χ0v) is 14.6. The van der Waals surface area contributed by atoms with Crippen molar-refractivity contribution >= 4 is 17.2 Å². The number of amides is 1. The van der Waals surface area contributed by atoms with Crippen LogP contribution in [-0.2, 0) is 6.54 Å². The predicted octanol–water partition coefficient (Wildman–Crippen LogP) is 2.29. The summed E-state index contributed by atoms with van der Waals surface area (Å²) in [5, 5.41) is 2.11. The van der Waals surface area contributed by atoms with Crippen molar-refractivity contribution in [2.24, 2.45) is 0 Å². The molecule has 7 heteroatoms. The van der Waals surface area contributed by atoms with Crippen molar-refractivity contribution in [2.45, 2.75) is 6.54 Å². The lowest BCUT2D eigenvalue weighted by Gasteiger charge is -2.34. The normalized spacial score (nSPS) is 15.4. The van der Waals surface area contributed by atoms with Crippen LogP contribution in [0.15, 0.2) is 54.6 Å². The number of carbonyl (C=O) groups excluding carboxylic acids is 1. The number of rotatable bonds is 4. The first-order chi connectivity index (χ1) is 12.3. The van der Waals surface area contributed by atoms with Crippen molar-refractivity contribution in [1.82, 2.24) is 24.3 Å². The van der Waals surface area contributed by atoms with Crippen molar-refractivity contribution < 1.29 is 4.79 Å². The summed E-state index contributed by atoms with van der Waals surface area (Å²) in [6.45, 7) is 4.30. The molecule has 0 radical (unpaired) electrons. The first-order valence-electron chi connectivity index (χ1n) is 8.28. The van der Waals surface area contributed by atoms with E-state index >= 15 is 0 Å². The van der Waals surface area contributed by atoms with Crippen LogP contribution in [0.1, 0.15) is 15.2 Å². The maximum absolute atomic E-state index is 12.8. The van der Waals surface area contributed by atoms with Crippen molar-refractivity contribution in [3.8, 4) is 5.82 Å². The minimum absolute atomic E-state index is 0.0690. The van der Waals surface area contributed by atoms with Crippen LogP contribution in [0.25, 0.3) is 5.82 Å². The summed E-state index contributed by atoms with van der Waals surface area (Å²) in [5.41, 5.74) is 0.672. The molecule has 25 heavy (non-hydrogen) atoms. The van der Waals surface area contributed by atoms with E-state index in [-0.39, 0.29) is 5.91 Å². The van der Waals surface area contributed by atoms with Gasteiger partial charge in [0.15, 0.2) is 0 Å². The average Bonchev–Trinajstić information content (AvgIpc) is 3.36. The lowest BCUT2D eigenvalue weighted by Crippen LogP contribution is -2.48. The van der Waals surface area contributed by atoms with Crippen molar-refractivity contribution in [2.75, 3.05) is 26.2 Å². The zero-order chi connectivity index (χ0) is 17.1. The molecule has 1 fully saturated rings. The summed E-state index contributed by atoms with van der Waals surface area (Å²) >= 11 is 1.78. The predicted molar refractivity (Wildman–Crippen MR) is 96.9 cm³/mol. The molecule has 0 aliphatic carbocycles. The molecule has 0 atom stereocenters. The minimum Gasteiger partial charge on any atom is -0.336 e. The number of pyridine rings is 1. The molecule has 128 valence electrons. The fraction of sp³-hybridized carbons (Fsp3) is 0.278. The van der Waals surface area contributed by atoms with Gasteiger partial charge < -0.3 is 4.90 Å². The molecule has 1 amide bonds. The molecule has 1 saturated heterocycles. The summed E-state index contributed by atoms with van der Waals surface area (Å²) in [4.78, 5) is 26.8. The quantitative estimate of drug-likeness (QED) is 0.722. The van der Waals surface area contributed by atoms with Gasteiger partial charge in [-0.05, 0) is 23.6 Å². The van der Waals surface area contributed by atoms with E-state index in [1.807, 2.05) is 17.2 Å². The van der Waals surface area contributed by atoms with Crippen LogP contribution < -0.4 is 0 Å². The van der Waals surface area contributed by atoms with Crippen LogP contribution in [0.4, 0.5) is 0 Å². The van der Waals surface area contributed by atoms with Crippen LogP contribution in [0, 0.1) is 0 Å². The Labute approximate surface area is 150 Å². The van der Waals surface area contributed by atoms with Gasteiger partial charge in [0.2, 0.25) is 0 Å². The van der Waals surface area contributed by atoms with Crippen molar-refractivity contribution in [3.63, 3.8) is 0 Å². The zero-order valence-electron chi connectivity index (χ0n) is 13.8. The number of imidazole rings is 1. The smallest absolute Gasteiger partial charge is 0.254 e. The van der Waals surface area contributed by atoms with Crippen molar-refractivity contribution in [1.29, 1.82) is 0 Å². The van der Waals surface area contributed by atoms with Gasteiger partial charge in [-0.1, -0.05) is 6.07 Å². The molecule has 3 aromatic heterocycles. The summed E-state index contributed by atoms with van der Waals surface area (Å²) in [6, 6.07) is 7.85. The Kier molecular flexibility index (Phi) is 4.58. The monoisotopic (exact) mass is 353 g/mol. The summed E-state index contributed by atoms with van der Waals surface area (Å²) in [7, 11) is 0. The molecule has 0 unspecified atom stereocenters. The van der Waals surface area contributed by atoms with E-state index in [0.717, 1.165) is 32.7 Å². The number of thiophene rings is 1. The second-order valence-corrected chi connectivity index (χ2v) is 7.05. The Balaban J connectivity index is 1.40. The molecular formula is C18H19N5OS. The third-order valence-electron chi connectivity index (χ3n) is 4.38. The third-order valence-corrected chi connectivity index (χ3v) is 5.24. The van der Waals surface area contributed by atoms with E-state index in [9.17, 15) is 4.79 Å². The Bertz CT molecular complexity index is 823.